The van der Waals surface area contributed by atoms with Gasteiger partial charge in [0.1, 0.15) is 5.75 Å². The van der Waals surface area contributed by atoms with Gasteiger partial charge in [0.2, 0.25) is 11.8 Å². The molecule has 0 bridgehead atoms. The minimum atomic E-state index is -0.386. The van der Waals surface area contributed by atoms with Crippen LogP contribution >= 0.6 is 27.5 Å². The highest BCUT2D eigenvalue weighted by atomic mass is 79.9. The van der Waals surface area contributed by atoms with Crippen molar-refractivity contribution in [3.63, 3.8) is 0 Å². The largest absolute Gasteiger partial charge is 0.507 e. The molecule has 2 amide bonds. The molecule has 3 N–H and O–H groups in total. The smallest absolute Gasteiger partial charge is 0.240 e. The Morgan fingerprint density at radius 3 is 2.60 bits per heavy atom. The Hall–Kier alpha value is -2.38. The highest BCUT2D eigenvalue weighted by molar-refractivity contribution is 9.10. The number of benzene rings is 2. The van der Waals surface area contributed by atoms with Crippen molar-refractivity contribution in [2.45, 2.75) is 12.8 Å². The second-order valence-corrected chi connectivity index (χ2v) is 6.29. The van der Waals surface area contributed by atoms with Crippen molar-refractivity contribution < 1.29 is 14.7 Å². The molecule has 0 saturated carbocycles. The summed E-state index contributed by atoms with van der Waals surface area (Å²) in [5.74, 6) is -0.580. The van der Waals surface area contributed by atoms with E-state index in [1.165, 1.54) is 12.3 Å². The van der Waals surface area contributed by atoms with Crippen molar-refractivity contribution in [1.29, 1.82) is 0 Å². The van der Waals surface area contributed by atoms with Gasteiger partial charge in [0.25, 0.3) is 0 Å². The number of para-hydroxylation sites is 1. The molecule has 0 saturated heterocycles. The monoisotopic (exact) mass is 423 g/mol. The average Bonchev–Trinajstić information content (AvgIpc) is 2.58. The Balaban J connectivity index is 1.76. The number of nitrogens with one attached hydrogen (secondary N) is 2. The van der Waals surface area contributed by atoms with Gasteiger partial charge < -0.3 is 10.4 Å². The van der Waals surface area contributed by atoms with Crippen LogP contribution in [0, 0.1) is 0 Å². The molecule has 0 heterocycles. The van der Waals surface area contributed by atoms with E-state index in [4.69, 9.17) is 11.6 Å². The fourth-order valence-corrected chi connectivity index (χ4v) is 2.42. The van der Waals surface area contributed by atoms with Gasteiger partial charge in [-0.3, -0.25) is 9.59 Å². The highest BCUT2D eigenvalue weighted by Crippen LogP contribution is 2.23. The van der Waals surface area contributed by atoms with Crippen LogP contribution in [0.15, 0.2) is 52.0 Å². The van der Waals surface area contributed by atoms with Crippen molar-refractivity contribution in [3.8, 4) is 5.75 Å². The fourth-order valence-electron chi connectivity index (χ4n) is 1.84. The van der Waals surface area contributed by atoms with E-state index in [9.17, 15) is 14.7 Å². The third-order valence-corrected chi connectivity index (χ3v) is 4.07. The van der Waals surface area contributed by atoms with E-state index in [-0.39, 0.29) is 30.4 Å². The quantitative estimate of drug-likeness (QED) is 0.488. The Bertz CT molecular complexity index is 811. The zero-order chi connectivity index (χ0) is 18.2. The number of carbonyl (C=O) groups excluding carboxylic acids is 2. The van der Waals surface area contributed by atoms with Crippen molar-refractivity contribution in [1.82, 2.24) is 5.43 Å². The van der Waals surface area contributed by atoms with E-state index in [0.717, 1.165) is 0 Å². The molecule has 0 fully saturated rings. The molecule has 0 unspecified atom stereocenters. The summed E-state index contributed by atoms with van der Waals surface area (Å²) in [7, 11) is 0. The summed E-state index contributed by atoms with van der Waals surface area (Å²) in [5.41, 5.74) is 3.54. The predicted molar refractivity (Wildman–Crippen MR) is 101 cm³/mol. The number of hydrogen-bond acceptors (Lipinski definition) is 4. The van der Waals surface area contributed by atoms with E-state index in [1.54, 1.807) is 36.4 Å². The second kappa shape index (κ2) is 9.19. The van der Waals surface area contributed by atoms with Gasteiger partial charge in [0, 0.05) is 12.8 Å². The summed E-state index contributed by atoms with van der Waals surface area (Å²) in [6.07, 6.45) is 1.44. The molecule has 0 atom stereocenters. The molecule has 0 spiro atoms. The lowest BCUT2D eigenvalue weighted by atomic mass is 10.2. The molecule has 0 aliphatic heterocycles. The Kier molecular flexibility index (Phi) is 6.97. The van der Waals surface area contributed by atoms with E-state index in [0.29, 0.717) is 20.7 Å². The Labute approximate surface area is 158 Å². The van der Waals surface area contributed by atoms with Crippen LogP contribution in [-0.4, -0.2) is 23.1 Å². The standard InChI is InChI=1S/C17H15BrClN3O3/c18-12-9-11(5-6-15(12)23)10-20-22-17(25)8-7-16(24)21-14-4-2-1-3-13(14)19/h1-6,9-10,23H,7-8H2,(H,21,24)(H,22,25)/b20-10+. The lowest BCUT2D eigenvalue weighted by molar-refractivity contribution is -0.124. The van der Waals surface area contributed by atoms with E-state index >= 15 is 0 Å². The van der Waals surface area contributed by atoms with Crippen molar-refractivity contribution in [3.05, 3.63) is 57.5 Å². The average molecular weight is 425 g/mol. The Morgan fingerprint density at radius 1 is 1.16 bits per heavy atom. The molecule has 0 aliphatic carbocycles. The zero-order valence-electron chi connectivity index (χ0n) is 13.0. The predicted octanol–water partition coefficient (Wildman–Crippen LogP) is 3.68. The van der Waals surface area contributed by atoms with Gasteiger partial charge in [-0.05, 0) is 51.8 Å². The maximum absolute atomic E-state index is 11.8. The lowest BCUT2D eigenvalue weighted by Crippen LogP contribution is -2.20. The second-order valence-electron chi connectivity index (χ2n) is 5.03. The molecule has 0 radical (unpaired) electrons. The van der Waals surface area contributed by atoms with Crippen molar-refractivity contribution >= 4 is 51.2 Å². The summed E-state index contributed by atoms with van der Waals surface area (Å²) in [4.78, 5) is 23.5. The number of phenolic OH excluding ortho intramolecular Hbond substituents is 1. The molecule has 0 aliphatic rings. The van der Waals surface area contributed by atoms with Crippen LogP contribution in [-0.2, 0) is 9.59 Å². The third kappa shape index (κ3) is 6.21. The molecule has 8 heteroatoms. The highest BCUT2D eigenvalue weighted by Gasteiger charge is 2.08. The molecule has 25 heavy (non-hydrogen) atoms. The van der Waals surface area contributed by atoms with Crippen molar-refractivity contribution in [2.24, 2.45) is 5.10 Å². The maximum Gasteiger partial charge on any atom is 0.240 e. The molecular weight excluding hydrogens is 410 g/mol. The first-order valence-corrected chi connectivity index (χ1v) is 8.47. The summed E-state index contributed by atoms with van der Waals surface area (Å²) in [6, 6.07) is 11.7. The molecule has 2 aromatic carbocycles. The summed E-state index contributed by atoms with van der Waals surface area (Å²) in [6.45, 7) is 0. The number of hydrazone groups is 1. The van der Waals surface area contributed by atoms with Gasteiger partial charge in [0.15, 0.2) is 0 Å². The van der Waals surface area contributed by atoms with E-state index < -0.39 is 0 Å². The van der Waals surface area contributed by atoms with Crippen LogP contribution < -0.4 is 10.7 Å². The van der Waals surface area contributed by atoms with Crippen LogP contribution in [0.5, 0.6) is 5.75 Å². The SMILES string of the molecule is O=C(CCC(=O)Nc1ccccc1Cl)N/N=C/c1ccc(O)c(Br)c1. The molecule has 0 aromatic heterocycles. The first-order valence-electron chi connectivity index (χ1n) is 7.30. The van der Waals surface area contributed by atoms with E-state index in [1.807, 2.05) is 0 Å². The molecular formula is C17H15BrClN3O3. The Morgan fingerprint density at radius 2 is 1.88 bits per heavy atom. The third-order valence-electron chi connectivity index (χ3n) is 3.10. The topological polar surface area (TPSA) is 90.8 Å². The van der Waals surface area contributed by atoms with Gasteiger partial charge >= 0.3 is 0 Å². The number of hydrogen-bond donors (Lipinski definition) is 3. The lowest BCUT2D eigenvalue weighted by Gasteiger charge is -2.06. The summed E-state index contributed by atoms with van der Waals surface area (Å²) in [5, 5.41) is 16.3. The molecule has 130 valence electrons. The van der Waals surface area contributed by atoms with Crippen LogP contribution in [0.4, 0.5) is 5.69 Å². The van der Waals surface area contributed by atoms with Gasteiger partial charge in [-0.15, -0.1) is 0 Å². The van der Waals surface area contributed by atoms with Crippen LogP contribution in [0.1, 0.15) is 18.4 Å². The van der Waals surface area contributed by atoms with Crippen molar-refractivity contribution in [2.75, 3.05) is 5.32 Å². The number of halogens is 2. The number of aromatic hydroxyl groups is 1. The first kappa shape index (κ1) is 19.0. The van der Waals surface area contributed by atoms with Gasteiger partial charge in [-0.25, -0.2) is 5.43 Å². The summed E-state index contributed by atoms with van der Waals surface area (Å²) < 4.78 is 0.527. The minimum absolute atomic E-state index is 0.00705. The van der Waals surface area contributed by atoms with Crippen LogP contribution in [0.25, 0.3) is 0 Å². The van der Waals surface area contributed by atoms with Gasteiger partial charge in [0.05, 0.1) is 21.4 Å². The number of phenols is 1. The zero-order valence-corrected chi connectivity index (χ0v) is 15.3. The van der Waals surface area contributed by atoms with Gasteiger partial charge in [-0.1, -0.05) is 23.7 Å². The number of nitrogens with zero attached hydrogens (tertiary/aromatic N) is 1. The number of anilines is 1. The van der Waals surface area contributed by atoms with E-state index in [2.05, 4.69) is 31.8 Å². The fraction of sp³-hybridized carbons (Fsp3) is 0.118. The first-order chi connectivity index (χ1) is 12.0. The molecule has 6 nitrogen and oxygen atoms in total. The van der Waals surface area contributed by atoms with Gasteiger partial charge in [-0.2, -0.15) is 5.10 Å². The normalized spacial score (nSPS) is 10.6. The molecule has 2 rings (SSSR count). The van der Waals surface area contributed by atoms with Crippen LogP contribution in [0.3, 0.4) is 0 Å². The number of amides is 2. The minimum Gasteiger partial charge on any atom is -0.507 e. The van der Waals surface area contributed by atoms with Crippen LogP contribution in [0.2, 0.25) is 5.02 Å². The summed E-state index contributed by atoms with van der Waals surface area (Å²) >= 11 is 9.13. The number of rotatable bonds is 6. The molecule has 2 aromatic rings. The number of carbonyl (C=O) groups is 2. The maximum atomic E-state index is 11.8.